The molecule has 1 aromatic rings. The van der Waals surface area contributed by atoms with Crippen molar-refractivity contribution in [1.29, 1.82) is 0 Å². The molecule has 0 saturated carbocycles. The summed E-state index contributed by atoms with van der Waals surface area (Å²) < 4.78 is 0. The zero-order valence-electron chi connectivity index (χ0n) is 8.37. The number of rotatable bonds is 3. The molecule has 0 aliphatic heterocycles. The lowest BCUT2D eigenvalue weighted by molar-refractivity contribution is 0.858. The van der Waals surface area contributed by atoms with Crippen LogP contribution >= 0.6 is 11.8 Å². The van der Waals surface area contributed by atoms with Gasteiger partial charge in [0.2, 0.25) is 0 Å². The third-order valence-corrected chi connectivity index (χ3v) is 2.78. The van der Waals surface area contributed by atoms with Gasteiger partial charge in [-0.05, 0) is 23.3 Å². The molecule has 0 bridgehead atoms. The first-order chi connectivity index (χ1) is 6.16. The van der Waals surface area contributed by atoms with Crippen molar-refractivity contribution in [3.8, 4) is 0 Å². The summed E-state index contributed by atoms with van der Waals surface area (Å²) in [7, 11) is 0. The molecule has 0 fully saturated rings. The van der Waals surface area contributed by atoms with Crippen LogP contribution in [0.3, 0.4) is 0 Å². The highest BCUT2D eigenvalue weighted by Crippen LogP contribution is 2.29. The van der Waals surface area contributed by atoms with Crippen molar-refractivity contribution in [2.75, 3.05) is 11.5 Å². The molecule has 0 amide bonds. The van der Waals surface area contributed by atoms with Gasteiger partial charge in [0.25, 0.3) is 0 Å². The minimum atomic E-state index is 0.471. The summed E-state index contributed by atoms with van der Waals surface area (Å²) in [5.74, 6) is 1.48. The van der Waals surface area contributed by atoms with E-state index in [0.717, 1.165) is 16.5 Å². The fourth-order valence-electron chi connectivity index (χ4n) is 1.22. The molecule has 0 aliphatic carbocycles. The molecule has 72 valence electrons. The van der Waals surface area contributed by atoms with E-state index >= 15 is 0 Å². The topological polar surface area (TPSA) is 38.9 Å². The molecular weight excluding hydrogens is 180 g/mol. The third-order valence-electron chi connectivity index (χ3n) is 1.89. The van der Waals surface area contributed by atoms with Crippen molar-refractivity contribution in [2.45, 2.75) is 31.7 Å². The van der Waals surface area contributed by atoms with E-state index in [1.807, 2.05) is 12.3 Å². The summed E-state index contributed by atoms with van der Waals surface area (Å²) in [4.78, 5) is 4.25. The molecule has 1 aromatic heterocycles. The van der Waals surface area contributed by atoms with Gasteiger partial charge in [0, 0.05) is 6.20 Å². The van der Waals surface area contributed by atoms with E-state index in [0.29, 0.717) is 5.92 Å². The summed E-state index contributed by atoms with van der Waals surface area (Å²) in [6.07, 6.45) is 1.84. The second kappa shape index (κ2) is 4.51. The van der Waals surface area contributed by atoms with Crippen LogP contribution in [0.25, 0.3) is 0 Å². The summed E-state index contributed by atoms with van der Waals surface area (Å²) in [6, 6.07) is 2.00. The first-order valence-electron chi connectivity index (χ1n) is 4.54. The molecule has 0 aromatic carbocycles. The zero-order valence-corrected chi connectivity index (χ0v) is 9.19. The Balaban J connectivity index is 3.03. The quantitative estimate of drug-likeness (QED) is 0.755. The van der Waals surface area contributed by atoms with Crippen molar-refractivity contribution in [3.63, 3.8) is 0 Å². The van der Waals surface area contributed by atoms with Gasteiger partial charge in [0.1, 0.15) is 5.03 Å². The van der Waals surface area contributed by atoms with Crippen LogP contribution in [-0.2, 0) is 0 Å². The molecule has 2 nitrogen and oxygen atoms in total. The number of nitrogens with two attached hydrogens (primary N) is 1. The molecule has 0 spiro atoms. The second-order valence-corrected chi connectivity index (χ2v) is 4.46. The van der Waals surface area contributed by atoms with E-state index in [9.17, 15) is 0 Å². The smallest absolute Gasteiger partial charge is 0.119 e. The highest BCUT2D eigenvalue weighted by molar-refractivity contribution is 7.99. The van der Waals surface area contributed by atoms with Gasteiger partial charge >= 0.3 is 0 Å². The molecule has 1 rings (SSSR count). The van der Waals surface area contributed by atoms with Gasteiger partial charge in [0.05, 0.1) is 5.69 Å². The Kier molecular flexibility index (Phi) is 3.60. The standard InChI is InChI=1S/C10H16N2S/c1-4-13-10-9(11)8(7(2)3)5-6-12-10/h5-7H,4,11H2,1-3H3. The van der Waals surface area contributed by atoms with Crippen molar-refractivity contribution >= 4 is 17.4 Å². The molecule has 3 heteroatoms. The molecule has 2 N–H and O–H groups in total. The first kappa shape index (κ1) is 10.4. The van der Waals surface area contributed by atoms with Gasteiger partial charge in [-0.2, -0.15) is 0 Å². The van der Waals surface area contributed by atoms with Crippen molar-refractivity contribution in [1.82, 2.24) is 4.98 Å². The average molecular weight is 196 g/mol. The van der Waals surface area contributed by atoms with E-state index in [2.05, 4.69) is 25.8 Å². The van der Waals surface area contributed by atoms with Crippen LogP contribution in [0.1, 0.15) is 32.3 Å². The number of nitrogens with zero attached hydrogens (tertiary/aromatic N) is 1. The fourth-order valence-corrected chi connectivity index (χ4v) is 1.91. The van der Waals surface area contributed by atoms with Gasteiger partial charge in [-0.3, -0.25) is 0 Å². The number of hydrogen-bond donors (Lipinski definition) is 1. The van der Waals surface area contributed by atoms with E-state index in [1.54, 1.807) is 11.8 Å². The summed E-state index contributed by atoms with van der Waals surface area (Å²) in [5, 5.41) is 0.966. The van der Waals surface area contributed by atoms with Gasteiger partial charge < -0.3 is 5.73 Å². The molecular formula is C10H16N2S. The van der Waals surface area contributed by atoms with Crippen LogP contribution < -0.4 is 5.73 Å². The number of pyridine rings is 1. The highest BCUT2D eigenvalue weighted by atomic mass is 32.2. The van der Waals surface area contributed by atoms with Crippen LogP contribution in [0.2, 0.25) is 0 Å². The van der Waals surface area contributed by atoms with Crippen molar-refractivity contribution < 1.29 is 0 Å². The Morgan fingerprint density at radius 3 is 2.77 bits per heavy atom. The highest BCUT2D eigenvalue weighted by Gasteiger charge is 2.08. The number of nitrogen functional groups attached to an aromatic ring is 1. The monoisotopic (exact) mass is 196 g/mol. The van der Waals surface area contributed by atoms with E-state index in [-0.39, 0.29) is 0 Å². The van der Waals surface area contributed by atoms with Gasteiger partial charge in [-0.1, -0.05) is 20.8 Å². The molecule has 0 aliphatic rings. The van der Waals surface area contributed by atoms with E-state index in [1.165, 1.54) is 5.56 Å². The second-order valence-electron chi connectivity index (χ2n) is 3.21. The van der Waals surface area contributed by atoms with Crippen LogP contribution in [0, 0.1) is 0 Å². The van der Waals surface area contributed by atoms with Gasteiger partial charge in [-0.25, -0.2) is 4.98 Å². The fraction of sp³-hybridized carbons (Fsp3) is 0.500. The predicted molar refractivity (Wildman–Crippen MR) is 59.1 cm³/mol. The van der Waals surface area contributed by atoms with Crippen LogP contribution in [0.5, 0.6) is 0 Å². The van der Waals surface area contributed by atoms with Crippen molar-refractivity contribution in [3.05, 3.63) is 17.8 Å². The third kappa shape index (κ3) is 2.37. The Morgan fingerprint density at radius 1 is 1.54 bits per heavy atom. The summed E-state index contributed by atoms with van der Waals surface area (Å²) >= 11 is 1.70. The first-order valence-corrected chi connectivity index (χ1v) is 5.52. The van der Waals surface area contributed by atoms with E-state index in [4.69, 9.17) is 5.73 Å². The SMILES string of the molecule is CCSc1nccc(C(C)C)c1N. The molecule has 0 atom stereocenters. The van der Waals surface area contributed by atoms with Crippen LogP contribution in [0.15, 0.2) is 17.3 Å². The van der Waals surface area contributed by atoms with Crippen LogP contribution in [0.4, 0.5) is 5.69 Å². The zero-order chi connectivity index (χ0) is 9.84. The van der Waals surface area contributed by atoms with Gasteiger partial charge in [0.15, 0.2) is 0 Å². The number of hydrogen-bond acceptors (Lipinski definition) is 3. The lowest BCUT2D eigenvalue weighted by atomic mass is 10.0. The Bertz CT molecular complexity index is 284. The minimum Gasteiger partial charge on any atom is -0.396 e. The minimum absolute atomic E-state index is 0.471. The van der Waals surface area contributed by atoms with E-state index < -0.39 is 0 Å². The average Bonchev–Trinajstić information content (AvgIpc) is 2.08. The lowest BCUT2D eigenvalue weighted by Gasteiger charge is -2.11. The molecule has 1 heterocycles. The Morgan fingerprint density at radius 2 is 2.23 bits per heavy atom. The predicted octanol–water partition coefficient (Wildman–Crippen LogP) is 2.90. The normalized spacial score (nSPS) is 10.8. The van der Waals surface area contributed by atoms with Gasteiger partial charge in [-0.15, -0.1) is 11.8 Å². The lowest BCUT2D eigenvalue weighted by Crippen LogP contribution is -2.00. The maximum atomic E-state index is 5.99. The van der Waals surface area contributed by atoms with Crippen molar-refractivity contribution in [2.24, 2.45) is 0 Å². The molecule has 0 unspecified atom stereocenters. The number of anilines is 1. The Labute approximate surface area is 83.9 Å². The maximum Gasteiger partial charge on any atom is 0.119 e. The maximum absolute atomic E-state index is 5.99. The number of thioether (sulfide) groups is 1. The number of aromatic nitrogens is 1. The Hall–Kier alpha value is -0.700. The summed E-state index contributed by atoms with van der Waals surface area (Å²) in [5.41, 5.74) is 8.04. The molecule has 0 saturated heterocycles. The molecule has 13 heavy (non-hydrogen) atoms. The van der Waals surface area contributed by atoms with Crippen LogP contribution in [-0.4, -0.2) is 10.7 Å². The largest absolute Gasteiger partial charge is 0.396 e. The molecule has 0 radical (unpaired) electrons. The summed E-state index contributed by atoms with van der Waals surface area (Å²) in [6.45, 7) is 6.39.